The standard InChI is InChI=1S/C20H16BrFO5/c1-20(2)26-18(23)16(19(24)27-20)9-12-3-6-15(7-4-12)25-11-13-10-14(22)5-8-17(13)21/h3-10H,11H2,1-2H3. The lowest BCUT2D eigenvalue weighted by Gasteiger charge is -2.29. The van der Waals surface area contributed by atoms with Gasteiger partial charge in [0.25, 0.3) is 5.79 Å². The number of carbonyl (C=O) groups is 2. The second-order valence-electron chi connectivity index (χ2n) is 6.33. The highest BCUT2D eigenvalue weighted by Gasteiger charge is 2.38. The second kappa shape index (κ2) is 7.52. The first-order chi connectivity index (χ1) is 12.7. The fourth-order valence-electron chi connectivity index (χ4n) is 2.42. The molecule has 0 spiro atoms. The Morgan fingerprint density at radius 3 is 2.33 bits per heavy atom. The van der Waals surface area contributed by atoms with Crippen LogP contribution in [0.2, 0.25) is 0 Å². The Balaban J connectivity index is 1.69. The molecule has 7 heteroatoms. The molecule has 2 aromatic rings. The van der Waals surface area contributed by atoms with Gasteiger partial charge < -0.3 is 14.2 Å². The zero-order chi connectivity index (χ0) is 19.6. The molecule has 0 N–H and O–H groups in total. The lowest BCUT2D eigenvalue weighted by molar-refractivity contribution is -0.222. The lowest BCUT2D eigenvalue weighted by atomic mass is 10.1. The van der Waals surface area contributed by atoms with Gasteiger partial charge in [-0.15, -0.1) is 0 Å². The zero-order valence-corrected chi connectivity index (χ0v) is 16.2. The molecule has 1 aliphatic rings. The summed E-state index contributed by atoms with van der Waals surface area (Å²) in [6, 6.07) is 11.1. The molecule has 0 bridgehead atoms. The van der Waals surface area contributed by atoms with E-state index in [1.54, 1.807) is 30.3 Å². The number of halogens is 2. The summed E-state index contributed by atoms with van der Waals surface area (Å²) in [5.41, 5.74) is 1.11. The number of hydrogen-bond donors (Lipinski definition) is 0. The summed E-state index contributed by atoms with van der Waals surface area (Å²) in [6.07, 6.45) is 1.40. The summed E-state index contributed by atoms with van der Waals surface area (Å²) in [6.45, 7) is 3.16. The van der Waals surface area contributed by atoms with Gasteiger partial charge in [0.15, 0.2) is 0 Å². The summed E-state index contributed by atoms with van der Waals surface area (Å²) in [5.74, 6) is -2.51. The van der Waals surface area contributed by atoms with Gasteiger partial charge in [-0.1, -0.05) is 28.1 Å². The van der Waals surface area contributed by atoms with E-state index in [2.05, 4.69) is 15.9 Å². The van der Waals surface area contributed by atoms with Crippen molar-refractivity contribution in [2.24, 2.45) is 0 Å². The van der Waals surface area contributed by atoms with Crippen molar-refractivity contribution in [3.8, 4) is 5.75 Å². The monoisotopic (exact) mass is 434 g/mol. The van der Waals surface area contributed by atoms with Crippen molar-refractivity contribution >= 4 is 33.9 Å². The highest BCUT2D eigenvalue weighted by molar-refractivity contribution is 9.10. The highest BCUT2D eigenvalue weighted by atomic mass is 79.9. The lowest BCUT2D eigenvalue weighted by Crippen LogP contribution is -2.41. The zero-order valence-electron chi connectivity index (χ0n) is 14.6. The van der Waals surface area contributed by atoms with Crippen LogP contribution in [-0.4, -0.2) is 17.7 Å². The SMILES string of the molecule is CC1(C)OC(=O)C(=Cc2ccc(OCc3cc(F)ccc3Br)cc2)C(=O)O1. The average Bonchev–Trinajstić information content (AvgIpc) is 2.59. The molecule has 2 aromatic carbocycles. The van der Waals surface area contributed by atoms with Crippen molar-refractivity contribution in [2.75, 3.05) is 0 Å². The Kier molecular flexibility index (Phi) is 5.32. The molecule has 140 valence electrons. The third kappa shape index (κ3) is 4.74. The average molecular weight is 435 g/mol. The number of hydrogen-bond acceptors (Lipinski definition) is 5. The van der Waals surface area contributed by atoms with Crippen molar-refractivity contribution in [3.05, 3.63) is 69.5 Å². The number of rotatable bonds is 4. The Morgan fingerprint density at radius 2 is 1.70 bits per heavy atom. The molecule has 0 aromatic heterocycles. The van der Waals surface area contributed by atoms with E-state index in [-0.39, 0.29) is 18.0 Å². The van der Waals surface area contributed by atoms with Gasteiger partial charge in [0.1, 0.15) is 23.7 Å². The molecule has 1 aliphatic heterocycles. The minimum atomic E-state index is -1.27. The molecule has 0 aliphatic carbocycles. The Labute approximate surface area is 163 Å². The largest absolute Gasteiger partial charge is 0.489 e. The first kappa shape index (κ1) is 19.1. The first-order valence-corrected chi connectivity index (χ1v) is 8.88. The summed E-state index contributed by atoms with van der Waals surface area (Å²) in [4.78, 5) is 23.9. The van der Waals surface area contributed by atoms with Crippen molar-refractivity contribution < 1.29 is 28.2 Å². The summed E-state index contributed by atoms with van der Waals surface area (Å²) in [7, 11) is 0. The molecular weight excluding hydrogens is 419 g/mol. The van der Waals surface area contributed by atoms with Gasteiger partial charge in [-0.25, -0.2) is 14.0 Å². The van der Waals surface area contributed by atoms with Crippen LogP contribution in [0, 0.1) is 5.82 Å². The molecule has 27 heavy (non-hydrogen) atoms. The third-order valence-electron chi connectivity index (χ3n) is 3.71. The maximum Gasteiger partial charge on any atom is 0.348 e. The third-order valence-corrected chi connectivity index (χ3v) is 4.48. The molecule has 1 saturated heterocycles. The Bertz CT molecular complexity index is 896. The van der Waals surface area contributed by atoms with E-state index >= 15 is 0 Å². The molecular formula is C20H16BrFO5. The molecule has 1 fully saturated rings. The minimum absolute atomic E-state index is 0.174. The molecule has 5 nitrogen and oxygen atoms in total. The summed E-state index contributed by atoms with van der Waals surface area (Å²) >= 11 is 3.35. The van der Waals surface area contributed by atoms with Crippen LogP contribution in [0.25, 0.3) is 6.08 Å². The van der Waals surface area contributed by atoms with Gasteiger partial charge in [0, 0.05) is 23.9 Å². The fraction of sp³-hybridized carbons (Fsp3) is 0.200. The Morgan fingerprint density at radius 1 is 1.07 bits per heavy atom. The van der Waals surface area contributed by atoms with Crippen LogP contribution in [0.5, 0.6) is 5.75 Å². The van der Waals surface area contributed by atoms with E-state index in [4.69, 9.17) is 14.2 Å². The quantitative estimate of drug-likeness (QED) is 0.405. The molecule has 3 rings (SSSR count). The van der Waals surface area contributed by atoms with E-state index in [1.807, 2.05) is 0 Å². The number of esters is 2. The van der Waals surface area contributed by atoms with Gasteiger partial charge in [0.2, 0.25) is 0 Å². The van der Waals surface area contributed by atoms with Gasteiger partial charge in [-0.2, -0.15) is 0 Å². The predicted molar refractivity (Wildman–Crippen MR) is 99.1 cm³/mol. The van der Waals surface area contributed by atoms with Crippen LogP contribution in [0.4, 0.5) is 4.39 Å². The number of ether oxygens (including phenoxy) is 3. The highest BCUT2D eigenvalue weighted by Crippen LogP contribution is 2.25. The molecule has 0 radical (unpaired) electrons. The normalized spacial score (nSPS) is 15.8. The maximum absolute atomic E-state index is 13.3. The van der Waals surface area contributed by atoms with Gasteiger partial charge >= 0.3 is 11.9 Å². The molecule has 0 atom stereocenters. The predicted octanol–water partition coefficient (Wildman–Crippen LogP) is 4.39. The van der Waals surface area contributed by atoms with E-state index in [0.29, 0.717) is 16.9 Å². The fourth-order valence-corrected chi connectivity index (χ4v) is 2.78. The van der Waals surface area contributed by atoms with Gasteiger partial charge in [-0.05, 0) is 42.0 Å². The van der Waals surface area contributed by atoms with Crippen LogP contribution in [0.15, 0.2) is 52.5 Å². The number of carbonyl (C=O) groups excluding carboxylic acids is 2. The Hall–Kier alpha value is -2.67. The summed E-state index contributed by atoms with van der Waals surface area (Å²) < 4.78 is 29.8. The minimum Gasteiger partial charge on any atom is -0.489 e. The van der Waals surface area contributed by atoms with Crippen molar-refractivity contribution in [1.29, 1.82) is 0 Å². The van der Waals surface area contributed by atoms with Gasteiger partial charge in [-0.3, -0.25) is 0 Å². The van der Waals surface area contributed by atoms with E-state index in [9.17, 15) is 14.0 Å². The van der Waals surface area contributed by atoms with E-state index < -0.39 is 17.7 Å². The van der Waals surface area contributed by atoms with Crippen LogP contribution in [-0.2, 0) is 25.7 Å². The molecule has 1 heterocycles. The maximum atomic E-state index is 13.3. The topological polar surface area (TPSA) is 61.8 Å². The van der Waals surface area contributed by atoms with Crippen molar-refractivity contribution in [1.82, 2.24) is 0 Å². The van der Waals surface area contributed by atoms with Crippen LogP contribution >= 0.6 is 15.9 Å². The van der Waals surface area contributed by atoms with Crippen molar-refractivity contribution in [2.45, 2.75) is 26.2 Å². The second-order valence-corrected chi connectivity index (χ2v) is 7.18. The van der Waals surface area contributed by atoms with Crippen LogP contribution < -0.4 is 4.74 Å². The first-order valence-electron chi connectivity index (χ1n) is 8.09. The smallest absolute Gasteiger partial charge is 0.348 e. The van der Waals surface area contributed by atoms with Crippen molar-refractivity contribution in [3.63, 3.8) is 0 Å². The molecule has 0 saturated carbocycles. The number of cyclic esters (lactones) is 2. The van der Waals surface area contributed by atoms with E-state index in [1.165, 1.54) is 32.1 Å². The van der Waals surface area contributed by atoms with Gasteiger partial charge in [0.05, 0.1) is 0 Å². The van der Waals surface area contributed by atoms with Crippen LogP contribution in [0.3, 0.4) is 0 Å². The number of benzene rings is 2. The van der Waals surface area contributed by atoms with E-state index in [0.717, 1.165) is 4.47 Å². The molecule has 0 unspecified atom stereocenters. The molecule has 0 amide bonds. The van der Waals surface area contributed by atoms with Crippen LogP contribution in [0.1, 0.15) is 25.0 Å². The summed E-state index contributed by atoms with van der Waals surface area (Å²) in [5, 5.41) is 0.